The maximum atomic E-state index is 13.1. The van der Waals surface area contributed by atoms with Gasteiger partial charge in [0.25, 0.3) is 15.9 Å². The molecule has 1 amide bonds. The number of benzene rings is 3. The normalized spacial score (nSPS) is 14.9. The lowest BCUT2D eigenvalue weighted by Gasteiger charge is -2.34. The first kappa shape index (κ1) is 22.5. The van der Waals surface area contributed by atoms with Crippen LogP contribution in [0.15, 0.2) is 83.8 Å². The first-order valence-corrected chi connectivity index (χ1v) is 13.3. The van der Waals surface area contributed by atoms with Gasteiger partial charge in [0.1, 0.15) is 5.01 Å². The molecule has 1 N–H and O–H groups in total. The Hall–Kier alpha value is -3.27. The number of amides is 1. The minimum atomic E-state index is -3.71. The molecule has 3 aromatic carbocycles. The Morgan fingerprint density at radius 1 is 0.912 bits per heavy atom. The van der Waals surface area contributed by atoms with Crippen molar-refractivity contribution in [2.45, 2.75) is 11.4 Å². The van der Waals surface area contributed by atoms with Crippen LogP contribution in [-0.4, -0.2) is 55.3 Å². The van der Waals surface area contributed by atoms with Crippen molar-refractivity contribution in [2.75, 3.05) is 30.9 Å². The van der Waals surface area contributed by atoms with E-state index >= 15 is 0 Å². The molecule has 9 heteroatoms. The molecule has 0 bridgehead atoms. The van der Waals surface area contributed by atoms with Gasteiger partial charge in [-0.2, -0.15) is 0 Å². The molecule has 1 aliphatic rings. The quantitative estimate of drug-likeness (QED) is 0.439. The molecule has 0 atom stereocenters. The van der Waals surface area contributed by atoms with Gasteiger partial charge >= 0.3 is 0 Å². The number of piperazine rings is 1. The highest BCUT2D eigenvalue weighted by Crippen LogP contribution is 2.23. The topological polar surface area (TPSA) is 82.6 Å². The van der Waals surface area contributed by atoms with Gasteiger partial charge in [-0.3, -0.25) is 14.4 Å². The molecule has 174 valence electrons. The van der Waals surface area contributed by atoms with Crippen molar-refractivity contribution in [1.29, 1.82) is 0 Å². The second kappa shape index (κ2) is 9.54. The Kier molecular flexibility index (Phi) is 6.32. The van der Waals surface area contributed by atoms with Crippen molar-refractivity contribution in [3.63, 3.8) is 0 Å². The van der Waals surface area contributed by atoms with Crippen LogP contribution < -0.4 is 4.72 Å². The molecule has 7 nitrogen and oxygen atoms in total. The summed E-state index contributed by atoms with van der Waals surface area (Å²) in [6.45, 7) is 3.54. The van der Waals surface area contributed by atoms with Gasteiger partial charge in [-0.25, -0.2) is 13.4 Å². The van der Waals surface area contributed by atoms with E-state index in [0.29, 0.717) is 24.3 Å². The molecule has 34 heavy (non-hydrogen) atoms. The van der Waals surface area contributed by atoms with Crippen LogP contribution in [0, 0.1) is 0 Å². The van der Waals surface area contributed by atoms with Gasteiger partial charge in [0, 0.05) is 37.4 Å². The fraction of sp³-hybridized carbons (Fsp3) is 0.200. The van der Waals surface area contributed by atoms with E-state index in [4.69, 9.17) is 4.98 Å². The monoisotopic (exact) mass is 492 g/mol. The zero-order valence-electron chi connectivity index (χ0n) is 18.4. The fourth-order valence-corrected chi connectivity index (χ4v) is 6.08. The Labute approximate surface area is 202 Å². The summed E-state index contributed by atoms with van der Waals surface area (Å²) in [5.41, 5.74) is 1.86. The molecule has 4 aromatic rings. The lowest BCUT2D eigenvalue weighted by molar-refractivity contribution is 0.0628. The van der Waals surface area contributed by atoms with Crippen LogP contribution in [0.1, 0.15) is 15.4 Å². The molecule has 0 aliphatic carbocycles. The third kappa shape index (κ3) is 4.96. The van der Waals surface area contributed by atoms with Crippen molar-refractivity contribution in [1.82, 2.24) is 14.8 Å². The maximum absolute atomic E-state index is 13.1. The summed E-state index contributed by atoms with van der Waals surface area (Å²) in [7, 11) is -3.71. The van der Waals surface area contributed by atoms with Crippen LogP contribution >= 0.6 is 11.3 Å². The molecule has 0 saturated carbocycles. The number of anilines is 1. The highest BCUT2D eigenvalue weighted by molar-refractivity contribution is 7.92. The minimum Gasteiger partial charge on any atom is -0.336 e. The molecule has 1 aliphatic heterocycles. The van der Waals surface area contributed by atoms with Crippen molar-refractivity contribution in [3.05, 3.63) is 89.4 Å². The molecule has 1 fully saturated rings. The van der Waals surface area contributed by atoms with Crippen molar-refractivity contribution >= 4 is 43.2 Å². The number of carbonyl (C=O) groups excluding carboxylic acids is 1. The van der Waals surface area contributed by atoms with Crippen LogP contribution in [0.4, 0.5) is 5.69 Å². The number of hydrogen-bond donors (Lipinski definition) is 1. The first-order valence-electron chi connectivity index (χ1n) is 11.0. The van der Waals surface area contributed by atoms with E-state index in [1.165, 1.54) is 16.8 Å². The molecule has 1 aromatic heterocycles. The Morgan fingerprint density at radius 3 is 2.41 bits per heavy atom. The van der Waals surface area contributed by atoms with Gasteiger partial charge in [0.05, 0.1) is 21.7 Å². The number of hydrogen-bond acceptors (Lipinski definition) is 6. The maximum Gasteiger partial charge on any atom is 0.261 e. The fourth-order valence-electron chi connectivity index (χ4n) is 4.00. The van der Waals surface area contributed by atoms with Gasteiger partial charge in [-0.1, -0.05) is 36.4 Å². The number of para-hydroxylation sites is 1. The number of carbonyl (C=O) groups is 1. The average Bonchev–Trinajstić information content (AvgIpc) is 3.27. The number of nitrogens with one attached hydrogen (secondary N) is 1. The Bertz CT molecular complexity index is 1380. The van der Waals surface area contributed by atoms with Gasteiger partial charge in [-0.05, 0) is 42.5 Å². The minimum absolute atomic E-state index is 0.0969. The van der Waals surface area contributed by atoms with Gasteiger partial charge in [0.2, 0.25) is 0 Å². The molecular formula is C25H24N4O3S2. The zero-order chi connectivity index (χ0) is 23.5. The zero-order valence-corrected chi connectivity index (χ0v) is 20.1. The Balaban J connectivity index is 1.21. The van der Waals surface area contributed by atoms with Crippen molar-refractivity contribution in [2.24, 2.45) is 0 Å². The largest absolute Gasteiger partial charge is 0.336 e. The third-order valence-corrected chi connectivity index (χ3v) is 8.19. The summed E-state index contributed by atoms with van der Waals surface area (Å²) >= 11 is 1.71. The highest BCUT2D eigenvalue weighted by Gasteiger charge is 2.23. The molecule has 0 spiro atoms. The molecule has 0 unspecified atom stereocenters. The van der Waals surface area contributed by atoms with Crippen LogP contribution in [-0.2, 0) is 16.6 Å². The summed E-state index contributed by atoms with van der Waals surface area (Å²) in [5.74, 6) is -0.0969. The standard InChI is InChI=1S/C25H24N4O3S2/c30-25(19-7-6-8-20(17-19)27-34(31,32)21-9-2-1-3-10-21)29-15-13-28(14-16-29)18-24-26-22-11-4-5-12-23(22)33-24/h1-12,17,27H,13-16,18H2. The van der Waals surface area contributed by atoms with Crippen LogP contribution in [0.3, 0.4) is 0 Å². The van der Waals surface area contributed by atoms with E-state index in [1.54, 1.807) is 53.8 Å². The smallest absolute Gasteiger partial charge is 0.261 e. The van der Waals surface area contributed by atoms with Gasteiger partial charge < -0.3 is 4.90 Å². The number of nitrogens with zero attached hydrogens (tertiary/aromatic N) is 3. The van der Waals surface area contributed by atoms with E-state index in [0.717, 1.165) is 30.2 Å². The second-order valence-electron chi connectivity index (χ2n) is 8.14. The molecule has 2 heterocycles. The van der Waals surface area contributed by atoms with Gasteiger partial charge in [-0.15, -0.1) is 11.3 Å². The second-order valence-corrected chi connectivity index (χ2v) is 10.9. The Morgan fingerprint density at radius 2 is 1.65 bits per heavy atom. The molecule has 5 rings (SSSR count). The van der Waals surface area contributed by atoms with Crippen LogP contribution in [0.5, 0.6) is 0 Å². The lowest BCUT2D eigenvalue weighted by Crippen LogP contribution is -2.48. The number of thiazole rings is 1. The predicted octanol–water partition coefficient (Wildman–Crippen LogP) is 4.06. The predicted molar refractivity (Wildman–Crippen MR) is 134 cm³/mol. The number of sulfonamides is 1. The van der Waals surface area contributed by atoms with Crippen molar-refractivity contribution < 1.29 is 13.2 Å². The van der Waals surface area contributed by atoms with E-state index in [9.17, 15) is 13.2 Å². The van der Waals surface area contributed by atoms with Crippen LogP contribution in [0.25, 0.3) is 10.2 Å². The SMILES string of the molecule is O=C(c1cccc(NS(=O)(=O)c2ccccc2)c1)N1CCN(Cc2nc3ccccc3s2)CC1. The summed E-state index contributed by atoms with van der Waals surface area (Å²) < 4.78 is 29.0. The highest BCUT2D eigenvalue weighted by atomic mass is 32.2. The molecule has 0 radical (unpaired) electrons. The number of rotatable bonds is 6. The van der Waals surface area contributed by atoms with E-state index in [2.05, 4.69) is 15.7 Å². The van der Waals surface area contributed by atoms with Crippen LogP contribution in [0.2, 0.25) is 0 Å². The number of fused-ring (bicyclic) bond motifs is 1. The summed E-state index contributed by atoms with van der Waals surface area (Å²) in [6, 6.07) is 23.0. The molecule has 1 saturated heterocycles. The van der Waals surface area contributed by atoms with Gasteiger partial charge in [0.15, 0.2) is 0 Å². The average molecular weight is 493 g/mol. The van der Waals surface area contributed by atoms with Crippen molar-refractivity contribution in [3.8, 4) is 0 Å². The molecular weight excluding hydrogens is 468 g/mol. The third-order valence-electron chi connectivity index (χ3n) is 5.77. The first-order chi connectivity index (χ1) is 16.5. The summed E-state index contributed by atoms with van der Waals surface area (Å²) in [4.78, 5) is 22.1. The van der Waals surface area contributed by atoms with E-state index in [-0.39, 0.29) is 10.8 Å². The summed E-state index contributed by atoms with van der Waals surface area (Å²) in [6.07, 6.45) is 0. The summed E-state index contributed by atoms with van der Waals surface area (Å²) in [5, 5.41) is 1.08. The lowest BCUT2D eigenvalue weighted by atomic mass is 10.1. The number of aromatic nitrogens is 1. The van der Waals surface area contributed by atoms with E-state index < -0.39 is 10.0 Å². The van der Waals surface area contributed by atoms with E-state index in [1.807, 2.05) is 23.1 Å².